The van der Waals surface area contributed by atoms with Crippen LogP contribution in [-0.2, 0) is 22.4 Å². The van der Waals surface area contributed by atoms with E-state index < -0.39 is 51.8 Å². The molecule has 0 aromatic rings. The van der Waals surface area contributed by atoms with E-state index >= 15 is 0 Å². The van der Waals surface area contributed by atoms with Crippen molar-refractivity contribution in [2.24, 2.45) is 0 Å². The number of hydrogen-bond donors (Lipinski definition) is 1. The fourth-order valence-electron chi connectivity index (χ4n) is 3.02. The van der Waals surface area contributed by atoms with Gasteiger partial charge in [0.1, 0.15) is 18.3 Å². The van der Waals surface area contributed by atoms with Crippen molar-refractivity contribution in [2.45, 2.75) is 109 Å². The smallest absolute Gasteiger partial charge is 0.184 e. The van der Waals surface area contributed by atoms with Gasteiger partial charge in [-0.3, -0.25) is 0 Å². The topological polar surface area (TPSA) is 66.4 Å². The van der Waals surface area contributed by atoms with Crippen molar-refractivity contribution in [1.29, 1.82) is 0 Å². The zero-order valence-corrected chi connectivity index (χ0v) is 24.1. The van der Waals surface area contributed by atoms with E-state index in [-0.39, 0.29) is 12.2 Å². The number of aliphatic hydroxyl groups excluding tert-OH is 1. The Hall–Kier alpha value is 0.628. The fraction of sp³-hybridized carbons (Fsp3) is 1.00. The summed E-state index contributed by atoms with van der Waals surface area (Å²) in [6.45, 7) is 26.2. The molecule has 0 aliphatic carbocycles. The molecule has 168 valence electrons. The number of ether oxygens (including phenoxy) is 1. The van der Waals surface area contributed by atoms with E-state index in [1.807, 2.05) is 0 Å². The molecule has 1 N–H and O–H groups in total. The normalized spacial score (nSPS) is 28.6. The maximum Gasteiger partial charge on any atom is 0.184 e. The number of hydrogen-bond acceptors (Lipinski definition) is 6. The molecule has 0 aromatic carbocycles. The Bertz CT molecular complexity index is 492. The predicted octanol–water partition coefficient (Wildman–Crippen LogP) is 4.22. The van der Waals surface area contributed by atoms with Crippen molar-refractivity contribution in [3.63, 3.8) is 0 Å². The van der Waals surface area contributed by atoms with Gasteiger partial charge in [-0.05, 0) is 78.6 Å². The Labute approximate surface area is 176 Å². The number of rotatable bonds is 10. The summed E-state index contributed by atoms with van der Waals surface area (Å²) in [5.41, 5.74) is 0. The van der Waals surface area contributed by atoms with Gasteiger partial charge in [0, 0.05) is 0 Å². The standard InChI is InChI=1S/C18H44O6Si4/c1-25(2,3)20-13-14(22-26(4,5)6)15-16(23-27(7,8)9)17(18(19)21-15)24-28(10,11)12/h14-19H,13H2,1-12H3/t14-,15-,16-,17-,18+/m0/s1. The van der Waals surface area contributed by atoms with Crippen LogP contribution in [0, 0.1) is 0 Å². The summed E-state index contributed by atoms with van der Waals surface area (Å²) in [6, 6.07) is 0. The molecule has 1 rings (SSSR count). The Morgan fingerprint density at radius 3 is 1.57 bits per heavy atom. The minimum absolute atomic E-state index is 0.287. The minimum Gasteiger partial charge on any atom is -0.415 e. The molecule has 0 bridgehead atoms. The second-order valence-electron chi connectivity index (χ2n) is 11.6. The average molecular weight is 469 g/mol. The van der Waals surface area contributed by atoms with Crippen molar-refractivity contribution < 1.29 is 27.5 Å². The molecule has 0 aromatic heterocycles. The van der Waals surface area contributed by atoms with Crippen LogP contribution in [-0.4, -0.2) is 75.7 Å². The molecule has 1 heterocycles. The first-order chi connectivity index (χ1) is 12.3. The molecule has 5 atom stereocenters. The molecule has 10 heteroatoms. The van der Waals surface area contributed by atoms with Crippen LogP contribution >= 0.6 is 0 Å². The van der Waals surface area contributed by atoms with Crippen molar-refractivity contribution >= 4 is 33.3 Å². The maximum absolute atomic E-state index is 10.7. The van der Waals surface area contributed by atoms with Crippen LogP contribution in [0.5, 0.6) is 0 Å². The Morgan fingerprint density at radius 2 is 1.18 bits per heavy atom. The summed E-state index contributed by atoms with van der Waals surface area (Å²) < 4.78 is 31.5. The molecule has 0 spiro atoms. The number of aliphatic hydroxyl groups is 1. The van der Waals surface area contributed by atoms with E-state index in [0.29, 0.717) is 6.61 Å². The Kier molecular flexibility index (Phi) is 8.96. The molecule has 0 amide bonds. The van der Waals surface area contributed by atoms with Gasteiger partial charge < -0.3 is 27.5 Å². The van der Waals surface area contributed by atoms with E-state index in [0.717, 1.165) is 0 Å². The highest BCUT2D eigenvalue weighted by Gasteiger charge is 2.52. The van der Waals surface area contributed by atoms with Crippen LogP contribution in [0.2, 0.25) is 78.6 Å². The third-order valence-corrected chi connectivity index (χ3v) is 7.76. The average Bonchev–Trinajstić information content (AvgIpc) is 2.66. The maximum atomic E-state index is 10.7. The van der Waals surface area contributed by atoms with Gasteiger partial charge in [-0.25, -0.2) is 0 Å². The molecule has 1 saturated heterocycles. The molecule has 0 unspecified atom stereocenters. The molecule has 28 heavy (non-hydrogen) atoms. The second kappa shape index (κ2) is 9.41. The zero-order chi connectivity index (χ0) is 22.1. The highest BCUT2D eigenvalue weighted by atomic mass is 28.4. The first kappa shape index (κ1) is 26.7. The molecular formula is C18H44O6Si4. The van der Waals surface area contributed by atoms with Gasteiger partial charge in [0.25, 0.3) is 0 Å². The fourth-order valence-corrected chi connectivity index (χ4v) is 6.95. The molecule has 1 fully saturated rings. The second-order valence-corrected chi connectivity index (χ2v) is 29.5. The highest BCUT2D eigenvalue weighted by molar-refractivity contribution is 6.71. The predicted molar refractivity (Wildman–Crippen MR) is 125 cm³/mol. The summed E-state index contributed by atoms with van der Waals surface area (Å²) in [5, 5.41) is 10.7. The van der Waals surface area contributed by atoms with Gasteiger partial charge in [-0.15, -0.1) is 0 Å². The molecule has 0 radical (unpaired) electrons. The summed E-state index contributed by atoms with van der Waals surface area (Å²) in [4.78, 5) is 0. The third-order valence-electron chi connectivity index (χ3n) is 3.76. The van der Waals surface area contributed by atoms with Crippen molar-refractivity contribution in [3.8, 4) is 0 Å². The summed E-state index contributed by atoms with van der Waals surface area (Å²) >= 11 is 0. The van der Waals surface area contributed by atoms with E-state index in [1.165, 1.54) is 0 Å². The van der Waals surface area contributed by atoms with Gasteiger partial charge in [-0.1, -0.05) is 0 Å². The summed E-state index contributed by atoms with van der Waals surface area (Å²) in [5.74, 6) is 0. The van der Waals surface area contributed by atoms with E-state index in [9.17, 15) is 5.11 Å². The van der Waals surface area contributed by atoms with Crippen LogP contribution in [0.15, 0.2) is 0 Å². The first-order valence-electron chi connectivity index (χ1n) is 10.3. The van der Waals surface area contributed by atoms with Gasteiger partial charge in [0.2, 0.25) is 0 Å². The van der Waals surface area contributed by atoms with E-state index in [1.54, 1.807) is 0 Å². The van der Waals surface area contributed by atoms with Gasteiger partial charge in [0.15, 0.2) is 39.6 Å². The van der Waals surface area contributed by atoms with Crippen molar-refractivity contribution in [1.82, 2.24) is 0 Å². The Morgan fingerprint density at radius 1 is 0.714 bits per heavy atom. The molecular weight excluding hydrogens is 425 g/mol. The molecule has 1 aliphatic rings. The lowest BCUT2D eigenvalue weighted by Gasteiger charge is -2.37. The van der Waals surface area contributed by atoms with Gasteiger partial charge in [0.05, 0.1) is 12.7 Å². The zero-order valence-electron chi connectivity index (χ0n) is 20.1. The van der Waals surface area contributed by atoms with Gasteiger partial charge >= 0.3 is 0 Å². The highest BCUT2D eigenvalue weighted by Crippen LogP contribution is 2.33. The van der Waals surface area contributed by atoms with Crippen LogP contribution in [0.25, 0.3) is 0 Å². The van der Waals surface area contributed by atoms with Crippen molar-refractivity contribution in [2.75, 3.05) is 6.61 Å². The van der Waals surface area contributed by atoms with Crippen LogP contribution < -0.4 is 0 Å². The van der Waals surface area contributed by atoms with E-state index in [4.69, 9.17) is 22.4 Å². The monoisotopic (exact) mass is 468 g/mol. The molecule has 0 saturated carbocycles. The molecule has 6 nitrogen and oxygen atoms in total. The first-order valence-corrected chi connectivity index (χ1v) is 23.9. The van der Waals surface area contributed by atoms with Crippen LogP contribution in [0.4, 0.5) is 0 Å². The lowest BCUT2D eigenvalue weighted by Crippen LogP contribution is -2.53. The largest absolute Gasteiger partial charge is 0.415 e. The van der Waals surface area contributed by atoms with Crippen molar-refractivity contribution in [3.05, 3.63) is 0 Å². The Balaban J connectivity index is 3.18. The minimum atomic E-state index is -1.91. The summed E-state index contributed by atoms with van der Waals surface area (Å²) in [6.07, 6.45) is -2.57. The quantitative estimate of drug-likeness (QED) is 0.484. The van der Waals surface area contributed by atoms with Crippen LogP contribution in [0.1, 0.15) is 0 Å². The molecule has 1 aliphatic heterocycles. The van der Waals surface area contributed by atoms with Gasteiger partial charge in [-0.2, -0.15) is 0 Å². The summed E-state index contributed by atoms with van der Waals surface area (Å²) in [7, 11) is -7.40. The lowest BCUT2D eigenvalue weighted by molar-refractivity contribution is -0.144. The van der Waals surface area contributed by atoms with E-state index in [2.05, 4.69) is 78.6 Å². The third kappa shape index (κ3) is 10.1. The lowest BCUT2D eigenvalue weighted by atomic mass is 10.1. The SMILES string of the molecule is C[Si](C)(C)OC[C@H](O[Si](C)(C)C)[C@@H]1O[C@@H](O)[C@@H](O[Si](C)(C)C)[C@H]1O[Si](C)(C)C. The van der Waals surface area contributed by atoms with Crippen LogP contribution in [0.3, 0.4) is 0 Å².